The second-order valence-electron chi connectivity index (χ2n) is 6.87. The van der Waals surface area contributed by atoms with E-state index in [1.165, 1.54) is 11.3 Å². The number of aromatic hydroxyl groups is 1. The van der Waals surface area contributed by atoms with Gasteiger partial charge in [0.25, 0.3) is 0 Å². The first-order chi connectivity index (χ1) is 14.0. The lowest BCUT2D eigenvalue weighted by Crippen LogP contribution is -2.50. The first-order valence-electron chi connectivity index (χ1n) is 9.53. The Morgan fingerprint density at radius 3 is 2.38 bits per heavy atom. The number of ether oxygens (including phenoxy) is 1. The van der Waals surface area contributed by atoms with E-state index in [9.17, 15) is 9.90 Å². The summed E-state index contributed by atoms with van der Waals surface area (Å²) < 4.78 is 7.22. The minimum absolute atomic E-state index is 0.145. The molecule has 0 amide bonds. The molecule has 0 saturated heterocycles. The van der Waals surface area contributed by atoms with Crippen molar-refractivity contribution < 1.29 is 19.2 Å². The van der Waals surface area contributed by atoms with E-state index in [0.29, 0.717) is 12.2 Å². The molecule has 0 radical (unpaired) electrons. The number of nitrogens with zero attached hydrogens (tertiary/aromatic N) is 2. The van der Waals surface area contributed by atoms with E-state index in [1.54, 1.807) is 6.92 Å². The molecule has 29 heavy (non-hydrogen) atoms. The van der Waals surface area contributed by atoms with Crippen LogP contribution in [0, 0.1) is 0 Å². The predicted octanol–water partition coefficient (Wildman–Crippen LogP) is 4.28. The van der Waals surface area contributed by atoms with Crippen molar-refractivity contribution in [3.8, 4) is 16.3 Å². The summed E-state index contributed by atoms with van der Waals surface area (Å²) in [4.78, 5) is 15.7. The summed E-state index contributed by atoms with van der Waals surface area (Å²) in [6.07, 6.45) is 0. The summed E-state index contributed by atoms with van der Waals surface area (Å²) in [6, 6.07) is 19.1. The number of rotatable bonds is 4. The van der Waals surface area contributed by atoms with Gasteiger partial charge in [0.2, 0.25) is 0 Å². The minimum atomic E-state index is -0.463. The number of fused-ring (bicyclic) bond motifs is 1. The number of allylic oxidation sites excluding steroid dienone is 1. The highest BCUT2D eigenvalue weighted by Gasteiger charge is 2.45. The molecule has 0 bridgehead atoms. The number of hydrogen-bond donors (Lipinski definition) is 1. The van der Waals surface area contributed by atoms with E-state index in [0.717, 1.165) is 26.8 Å². The van der Waals surface area contributed by atoms with Gasteiger partial charge in [-0.3, -0.25) is 0 Å². The molecule has 1 aliphatic heterocycles. The maximum atomic E-state index is 12.9. The lowest BCUT2D eigenvalue weighted by atomic mass is 9.95. The Morgan fingerprint density at radius 2 is 1.76 bits per heavy atom. The van der Waals surface area contributed by atoms with Crippen LogP contribution >= 0.6 is 11.3 Å². The fraction of sp³-hybridized carbons (Fsp3) is 0.217. The zero-order valence-electron chi connectivity index (χ0n) is 16.6. The van der Waals surface area contributed by atoms with E-state index in [2.05, 4.69) is 0 Å². The smallest absolute Gasteiger partial charge is 0.345 e. The van der Waals surface area contributed by atoms with Gasteiger partial charge in [0, 0.05) is 5.56 Å². The van der Waals surface area contributed by atoms with Gasteiger partial charge in [-0.25, -0.2) is 9.69 Å². The molecule has 6 heteroatoms. The number of thiazole rings is 1. The predicted molar refractivity (Wildman–Crippen MR) is 114 cm³/mol. The number of esters is 1. The molecule has 1 unspecified atom stereocenters. The van der Waals surface area contributed by atoms with Gasteiger partial charge in [0.05, 0.1) is 13.7 Å². The Labute approximate surface area is 174 Å². The van der Waals surface area contributed by atoms with Crippen LogP contribution in [0.5, 0.6) is 5.88 Å². The minimum Gasteiger partial charge on any atom is -0.477 e. The molecule has 1 atom stereocenters. The van der Waals surface area contributed by atoms with Crippen LogP contribution in [0.2, 0.25) is 0 Å². The Balaban J connectivity index is 1.97. The van der Waals surface area contributed by atoms with E-state index in [4.69, 9.17) is 4.74 Å². The van der Waals surface area contributed by atoms with Crippen molar-refractivity contribution in [3.63, 3.8) is 0 Å². The van der Waals surface area contributed by atoms with Crippen LogP contribution in [0.4, 0.5) is 5.13 Å². The molecule has 1 N–H and O–H groups in total. The zero-order chi connectivity index (χ0) is 20.5. The quantitative estimate of drug-likeness (QED) is 0.518. The number of aromatic nitrogens is 1. The second kappa shape index (κ2) is 7.72. The highest BCUT2D eigenvalue weighted by atomic mass is 32.1. The maximum absolute atomic E-state index is 12.9. The van der Waals surface area contributed by atoms with Gasteiger partial charge >= 0.3 is 17.0 Å². The summed E-state index contributed by atoms with van der Waals surface area (Å²) in [5.41, 5.74) is 3.21. The molecule has 2 heterocycles. The Morgan fingerprint density at radius 1 is 1.14 bits per heavy atom. The topological polar surface area (TPSA) is 53.6 Å². The van der Waals surface area contributed by atoms with Crippen LogP contribution in [0.25, 0.3) is 10.4 Å². The third-order valence-corrected chi connectivity index (χ3v) is 6.46. The van der Waals surface area contributed by atoms with Crippen molar-refractivity contribution in [2.75, 3.05) is 18.6 Å². The third kappa shape index (κ3) is 3.19. The number of carbonyl (C=O) groups is 1. The molecule has 1 aliphatic rings. The maximum Gasteiger partial charge on any atom is 0.345 e. The molecule has 0 spiro atoms. The van der Waals surface area contributed by atoms with Crippen LogP contribution in [-0.4, -0.2) is 24.7 Å². The van der Waals surface area contributed by atoms with Gasteiger partial charge in [-0.05, 0) is 30.7 Å². The van der Waals surface area contributed by atoms with Crippen molar-refractivity contribution in [3.05, 3.63) is 77.5 Å². The van der Waals surface area contributed by atoms with E-state index in [1.807, 2.05) is 84.1 Å². The second-order valence-corrected chi connectivity index (χ2v) is 7.84. The van der Waals surface area contributed by atoms with Crippen LogP contribution in [-0.2, 0) is 9.53 Å². The van der Waals surface area contributed by atoms with Gasteiger partial charge in [0.1, 0.15) is 16.1 Å². The summed E-state index contributed by atoms with van der Waals surface area (Å²) in [5.74, 6) is -0.220. The zero-order valence-corrected chi connectivity index (χ0v) is 17.4. The van der Waals surface area contributed by atoms with Crippen molar-refractivity contribution in [1.82, 2.24) is 0 Å². The standard InChI is InChI=1S/C23H22N2O3S/c1-4-28-22(27)18-15(2)24(3)23-25(19(18)16-11-7-5-8-12-16)21(26)20(29-23)17-13-9-6-10-14-17/h5-14,19H,4H2,1-3H3/p+1. The van der Waals surface area contributed by atoms with Gasteiger partial charge in [-0.2, -0.15) is 4.57 Å². The van der Waals surface area contributed by atoms with Crippen molar-refractivity contribution >= 4 is 22.4 Å². The Bertz CT molecular complexity index is 1070. The summed E-state index contributed by atoms with van der Waals surface area (Å²) in [7, 11) is 1.91. The first kappa shape index (κ1) is 19.2. The van der Waals surface area contributed by atoms with Crippen molar-refractivity contribution in [2.24, 2.45) is 0 Å². The van der Waals surface area contributed by atoms with Gasteiger partial charge in [-0.1, -0.05) is 60.7 Å². The highest BCUT2D eigenvalue weighted by Crippen LogP contribution is 2.44. The average Bonchev–Trinajstić information content (AvgIpc) is 3.09. The lowest BCUT2D eigenvalue weighted by molar-refractivity contribution is -0.695. The van der Waals surface area contributed by atoms with Crippen LogP contribution in [0.3, 0.4) is 0 Å². The van der Waals surface area contributed by atoms with Crippen LogP contribution in [0.1, 0.15) is 25.5 Å². The number of carbonyl (C=O) groups excluding carboxylic acids is 1. The third-order valence-electron chi connectivity index (χ3n) is 5.19. The number of benzene rings is 2. The summed E-state index contributed by atoms with van der Waals surface area (Å²) in [5, 5.41) is 12.1. The highest BCUT2D eigenvalue weighted by molar-refractivity contribution is 7.18. The first-order valence-corrected chi connectivity index (χ1v) is 10.4. The number of hydrogen-bond acceptors (Lipinski definition) is 5. The normalized spacial score (nSPS) is 16.0. The summed E-state index contributed by atoms with van der Waals surface area (Å²) in [6.45, 7) is 4.01. The molecular weight excluding hydrogens is 384 g/mol. The van der Waals surface area contributed by atoms with Gasteiger partial charge < -0.3 is 9.84 Å². The summed E-state index contributed by atoms with van der Waals surface area (Å²) >= 11 is 1.51. The van der Waals surface area contributed by atoms with Gasteiger partial charge in [0.15, 0.2) is 6.04 Å². The monoisotopic (exact) mass is 407 g/mol. The molecule has 0 saturated carbocycles. The molecule has 0 aliphatic carbocycles. The average molecular weight is 408 g/mol. The molecule has 148 valence electrons. The van der Waals surface area contributed by atoms with Crippen molar-refractivity contribution in [2.45, 2.75) is 19.9 Å². The van der Waals surface area contributed by atoms with Gasteiger partial charge in [-0.15, -0.1) is 0 Å². The molecule has 3 aromatic rings. The number of anilines is 1. The molecule has 2 aromatic carbocycles. The van der Waals surface area contributed by atoms with E-state index < -0.39 is 6.04 Å². The molecule has 4 rings (SSSR count). The van der Waals surface area contributed by atoms with Crippen LogP contribution in [0.15, 0.2) is 71.9 Å². The Kier molecular flexibility index (Phi) is 5.11. The molecular formula is C23H23N2O3S+. The van der Waals surface area contributed by atoms with E-state index >= 15 is 0 Å². The SMILES string of the molecule is CCOC(=O)C1=C(C)N(C)c2sc(-c3ccccc3)c(O)[n+]2C1c1ccccc1. The molecule has 5 nitrogen and oxygen atoms in total. The largest absolute Gasteiger partial charge is 0.477 e. The van der Waals surface area contributed by atoms with Crippen LogP contribution < -0.4 is 9.47 Å². The van der Waals surface area contributed by atoms with Crippen molar-refractivity contribution in [1.29, 1.82) is 0 Å². The Hall–Kier alpha value is -3.12. The molecule has 1 aromatic heterocycles. The fourth-order valence-corrected chi connectivity index (χ4v) is 4.89. The van der Waals surface area contributed by atoms with E-state index in [-0.39, 0.29) is 11.8 Å². The lowest BCUT2D eigenvalue weighted by Gasteiger charge is -2.27. The fourth-order valence-electron chi connectivity index (χ4n) is 3.70. The molecule has 0 fully saturated rings.